The first-order valence-corrected chi connectivity index (χ1v) is 7.14. The lowest BCUT2D eigenvalue weighted by atomic mass is 10.0. The van der Waals surface area contributed by atoms with Crippen molar-refractivity contribution in [1.82, 2.24) is 10.3 Å². The molecule has 0 aliphatic carbocycles. The summed E-state index contributed by atoms with van der Waals surface area (Å²) < 4.78 is 0. The first-order valence-electron chi connectivity index (χ1n) is 6.73. The van der Waals surface area contributed by atoms with Crippen LogP contribution < -0.4 is 10.6 Å². The maximum absolute atomic E-state index is 5.36. The van der Waals surface area contributed by atoms with E-state index in [2.05, 4.69) is 53.7 Å². The number of rotatable bonds is 4. The van der Waals surface area contributed by atoms with Gasteiger partial charge in [0.05, 0.1) is 6.04 Å². The molecule has 0 spiro atoms. The summed E-state index contributed by atoms with van der Waals surface area (Å²) in [5.41, 5.74) is 3.45. The molecule has 0 aliphatic heterocycles. The lowest BCUT2D eigenvalue weighted by Gasteiger charge is -2.20. The van der Waals surface area contributed by atoms with Gasteiger partial charge in [0.25, 0.3) is 0 Å². The highest BCUT2D eigenvalue weighted by molar-refractivity contribution is 7.80. The second-order valence-electron chi connectivity index (χ2n) is 4.71. The molecule has 0 amide bonds. The lowest BCUT2D eigenvalue weighted by molar-refractivity contribution is 0.629. The van der Waals surface area contributed by atoms with E-state index < -0.39 is 0 Å². The molecule has 1 aromatic heterocycles. The minimum atomic E-state index is 0.220. The molecule has 1 heterocycles. The van der Waals surface area contributed by atoms with Crippen LogP contribution in [0, 0.1) is 6.92 Å². The molecule has 4 heteroatoms. The number of aromatic nitrogens is 1. The Morgan fingerprint density at radius 2 is 1.80 bits per heavy atom. The van der Waals surface area contributed by atoms with Gasteiger partial charge < -0.3 is 10.6 Å². The van der Waals surface area contributed by atoms with Crippen LogP contribution in [-0.2, 0) is 0 Å². The number of nitrogens with one attached hydrogen (secondary N) is 2. The Labute approximate surface area is 125 Å². The maximum Gasteiger partial charge on any atom is 0.171 e. The summed E-state index contributed by atoms with van der Waals surface area (Å²) in [6.45, 7) is 4.24. The van der Waals surface area contributed by atoms with Gasteiger partial charge in [0.2, 0.25) is 0 Å². The van der Waals surface area contributed by atoms with E-state index in [1.807, 2.05) is 12.1 Å². The van der Waals surface area contributed by atoms with E-state index in [-0.39, 0.29) is 6.04 Å². The van der Waals surface area contributed by atoms with Gasteiger partial charge in [-0.3, -0.25) is 4.98 Å². The summed E-state index contributed by atoms with van der Waals surface area (Å²) in [5, 5.41) is 7.15. The number of pyridine rings is 1. The van der Waals surface area contributed by atoms with Crippen LogP contribution in [0.5, 0.6) is 0 Å². The SMILES string of the molecule is CC[C@@H](NC(=S)Nc1ccncc1)c1ccc(C)cc1. The van der Waals surface area contributed by atoms with Crippen LogP contribution in [0.1, 0.15) is 30.5 Å². The zero-order valence-electron chi connectivity index (χ0n) is 11.8. The van der Waals surface area contributed by atoms with E-state index >= 15 is 0 Å². The maximum atomic E-state index is 5.36. The summed E-state index contributed by atoms with van der Waals surface area (Å²) in [6, 6.07) is 12.5. The Bertz CT molecular complexity index is 552. The van der Waals surface area contributed by atoms with E-state index in [1.54, 1.807) is 12.4 Å². The average Bonchev–Trinajstić information content (AvgIpc) is 2.47. The normalized spacial score (nSPS) is 11.7. The van der Waals surface area contributed by atoms with E-state index in [9.17, 15) is 0 Å². The molecule has 20 heavy (non-hydrogen) atoms. The van der Waals surface area contributed by atoms with Crippen molar-refractivity contribution in [3.8, 4) is 0 Å². The molecule has 0 saturated carbocycles. The molecule has 0 fully saturated rings. The Hall–Kier alpha value is -1.94. The zero-order chi connectivity index (χ0) is 14.4. The Morgan fingerprint density at radius 3 is 2.40 bits per heavy atom. The third-order valence-corrected chi connectivity index (χ3v) is 3.35. The number of nitrogens with zero attached hydrogens (tertiary/aromatic N) is 1. The number of aryl methyl sites for hydroxylation is 1. The third kappa shape index (κ3) is 4.03. The molecule has 0 bridgehead atoms. The molecule has 1 aromatic carbocycles. The summed E-state index contributed by atoms with van der Waals surface area (Å²) in [6.07, 6.45) is 4.45. The second kappa shape index (κ2) is 7.01. The molecule has 0 aliphatic rings. The van der Waals surface area contributed by atoms with Crippen molar-refractivity contribution in [2.45, 2.75) is 26.3 Å². The Balaban J connectivity index is 1.99. The van der Waals surface area contributed by atoms with Gasteiger partial charge in [-0.15, -0.1) is 0 Å². The molecule has 2 rings (SSSR count). The van der Waals surface area contributed by atoms with Crippen LogP contribution in [0.25, 0.3) is 0 Å². The molecular formula is C16H19N3S. The minimum absolute atomic E-state index is 0.220. The van der Waals surface area contributed by atoms with Gasteiger partial charge in [0, 0.05) is 18.1 Å². The topological polar surface area (TPSA) is 37.0 Å². The second-order valence-corrected chi connectivity index (χ2v) is 5.11. The van der Waals surface area contributed by atoms with Crippen molar-refractivity contribution in [2.75, 3.05) is 5.32 Å². The van der Waals surface area contributed by atoms with Gasteiger partial charge in [-0.25, -0.2) is 0 Å². The van der Waals surface area contributed by atoms with Crippen molar-refractivity contribution in [2.24, 2.45) is 0 Å². The van der Waals surface area contributed by atoms with Gasteiger partial charge >= 0.3 is 0 Å². The molecule has 2 N–H and O–H groups in total. The molecule has 1 atom stereocenters. The van der Waals surface area contributed by atoms with Gasteiger partial charge in [0.1, 0.15) is 0 Å². The number of hydrogen-bond donors (Lipinski definition) is 2. The van der Waals surface area contributed by atoms with Crippen LogP contribution >= 0.6 is 12.2 Å². The monoisotopic (exact) mass is 285 g/mol. The van der Waals surface area contributed by atoms with Crippen molar-refractivity contribution in [1.29, 1.82) is 0 Å². The molecule has 0 saturated heterocycles. The Morgan fingerprint density at radius 1 is 1.15 bits per heavy atom. The zero-order valence-corrected chi connectivity index (χ0v) is 12.6. The van der Waals surface area contributed by atoms with E-state index in [1.165, 1.54) is 11.1 Å². The first kappa shape index (κ1) is 14.5. The fourth-order valence-corrected chi connectivity index (χ4v) is 2.24. The minimum Gasteiger partial charge on any atom is -0.356 e. The van der Waals surface area contributed by atoms with Crippen LogP contribution in [0.2, 0.25) is 0 Å². The van der Waals surface area contributed by atoms with Crippen LogP contribution in [0.3, 0.4) is 0 Å². The number of anilines is 1. The van der Waals surface area contributed by atoms with Gasteiger partial charge in [-0.1, -0.05) is 36.8 Å². The van der Waals surface area contributed by atoms with Crippen LogP contribution in [0.15, 0.2) is 48.8 Å². The number of benzene rings is 1. The van der Waals surface area contributed by atoms with Gasteiger partial charge in [0.15, 0.2) is 5.11 Å². The third-order valence-electron chi connectivity index (χ3n) is 3.13. The standard InChI is InChI=1S/C16H19N3S/c1-3-15(13-6-4-12(2)5-7-13)19-16(20)18-14-8-10-17-11-9-14/h4-11,15H,3H2,1-2H3,(H2,17,18,19,20)/t15-/m1/s1. The highest BCUT2D eigenvalue weighted by Crippen LogP contribution is 2.17. The van der Waals surface area contributed by atoms with Gasteiger partial charge in [-0.2, -0.15) is 0 Å². The Kier molecular flexibility index (Phi) is 5.07. The van der Waals surface area contributed by atoms with Crippen molar-refractivity contribution in [3.05, 3.63) is 59.9 Å². The smallest absolute Gasteiger partial charge is 0.171 e. The predicted molar refractivity (Wildman–Crippen MR) is 87.8 cm³/mol. The van der Waals surface area contributed by atoms with E-state index in [4.69, 9.17) is 12.2 Å². The fourth-order valence-electron chi connectivity index (χ4n) is 1.98. The summed E-state index contributed by atoms with van der Waals surface area (Å²) >= 11 is 5.36. The molecule has 0 unspecified atom stereocenters. The van der Waals surface area contributed by atoms with Crippen LogP contribution in [0.4, 0.5) is 5.69 Å². The molecule has 0 radical (unpaired) electrons. The molecule has 104 valence electrons. The average molecular weight is 285 g/mol. The van der Waals surface area contributed by atoms with Crippen LogP contribution in [-0.4, -0.2) is 10.1 Å². The summed E-state index contributed by atoms with van der Waals surface area (Å²) in [4.78, 5) is 3.98. The van der Waals surface area contributed by atoms with Crippen molar-refractivity contribution < 1.29 is 0 Å². The predicted octanol–water partition coefficient (Wildman–Crippen LogP) is 3.83. The fraction of sp³-hybridized carbons (Fsp3) is 0.250. The quantitative estimate of drug-likeness (QED) is 0.837. The van der Waals surface area contributed by atoms with E-state index in [0.717, 1.165) is 12.1 Å². The van der Waals surface area contributed by atoms with Crippen molar-refractivity contribution >= 4 is 23.0 Å². The molecule has 3 nitrogen and oxygen atoms in total. The lowest BCUT2D eigenvalue weighted by Crippen LogP contribution is -2.32. The number of hydrogen-bond acceptors (Lipinski definition) is 2. The highest BCUT2D eigenvalue weighted by Gasteiger charge is 2.10. The van der Waals surface area contributed by atoms with Gasteiger partial charge in [-0.05, 0) is 43.3 Å². The number of thiocarbonyl (C=S) groups is 1. The highest BCUT2D eigenvalue weighted by atomic mass is 32.1. The summed E-state index contributed by atoms with van der Waals surface area (Å²) in [5.74, 6) is 0. The summed E-state index contributed by atoms with van der Waals surface area (Å²) in [7, 11) is 0. The first-order chi connectivity index (χ1) is 9.69. The van der Waals surface area contributed by atoms with E-state index in [0.29, 0.717) is 5.11 Å². The largest absolute Gasteiger partial charge is 0.356 e. The molecule has 2 aromatic rings. The van der Waals surface area contributed by atoms with Crippen molar-refractivity contribution in [3.63, 3.8) is 0 Å². The molecular weight excluding hydrogens is 266 g/mol.